The van der Waals surface area contributed by atoms with Gasteiger partial charge in [-0.15, -0.1) is 0 Å². The minimum absolute atomic E-state index is 0.0255. The average molecular weight is 172 g/mol. The third-order valence-corrected chi connectivity index (χ3v) is 1.51. The van der Waals surface area contributed by atoms with Crippen LogP contribution in [0.2, 0.25) is 0 Å². The van der Waals surface area contributed by atoms with E-state index < -0.39 is 23.9 Å². The number of hydrogen-bond acceptors (Lipinski definition) is 5. The summed E-state index contributed by atoms with van der Waals surface area (Å²) in [5, 5.41) is 11.6. The number of aliphatic carboxylic acids is 1. The van der Waals surface area contributed by atoms with E-state index in [1.165, 1.54) is 6.21 Å². The second-order valence-electron chi connectivity index (χ2n) is 2.45. The number of hydrogen-bond donors (Lipinski definition) is 2. The molecule has 0 amide bonds. The van der Waals surface area contributed by atoms with Crippen molar-refractivity contribution in [3.8, 4) is 0 Å². The number of nitrogens with two attached hydrogens (primary N) is 1. The maximum atomic E-state index is 10.7. The molecule has 0 aromatic heterocycles. The van der Waals surface area contributed by atoms with Crippen LogP contribution in [-0.4, -0.2) is 29.3 Å². The fraction of sp³-hybridized carbons (Fsp3) is 0.500. The van der Waals surface area contributed by atoms with Crippen molar-refractivity contribution in [2.75, 3.05) is 0 Å². The van der Waals surface area contributed by atoms with Gasteiger partial charge < -0.3 is 15.7 Å². The van der Waals surface area contributed by atoms with Gasteiger partial charge in [-0.3, -0.25) is 4.79 Å². The predicted octanol–water partition coefficient (Wildman–Crippen LogP) is -1.05. The highest BCUT2D eigenvalue weighted by atomic mass is 16.7. The summed E-state index contributed by atoms with van der Waals surface area (Å²) < 4.78 is 0. The van der Waals surface area contributed by atoms with Gasteiger partial charge in [-0.05, 0) is 6.42 Å². The van der Waals surface area contributed by atoms with Gasteiger partial charge >= 0.3 is 11.9 Å². The zero-order valence-electron chi connectivity index (χ0n) is 6.14. The molecule has 1 heterocycles. The Bertz CT molecular complexity index is 238. The monoisotopic (exact) mass is 172 g/mol. The molecule has 0 aliphatic carbocycles. The maximum absolute atomic E-state index is 10.7. The maximum Gasteiger partial charge on any atom is 0.343 e. The Morgan fingerprint density at radius 3 is 3.00 bits per heavy atom. The third kappa shape index (κ3) is 1.79. The fourth-order valence-corrected chi connectivity index (χ4v) is 0.816. The van der Waals surface area contributed by atoms with E-state index in [0.29, 0.717) is 0 Å². The summed E-state index contributed by atoms with van der Waals surface area (Å²) in [7, 11) is 0. The van der Waals surface area contributed by atoms with E-state index in [2.05, 4.69) is 9.99 Å². The van der Waals surface area contributed by atoms with Crippen LogP contribution in [0, 0.1) is 5.92 Å². The van der Waals surface area contributed by atoms with Crippen LogP contribution in [0.5, 0.6) is 0 Å². The van der Waals surface area contributed by atoms with Crippen LogP contribution in [0.4, 0.5) is 0 Å². The second kappa shape index (κ2) is 3.31. The zero-order valence-corrected chi connectivity index (χ0v) is 6.14. The topological polar surface area (TPSA) is 102 Å². The molecule has 0 saturated carbocycles. The number of nitrogens with zero attached hydrogens (tertiary/aromatic N) is 1. The molecule has 0 bridgehead atoms. The van der Waals surface area contributed by atoms with Crippen molar-refractivity contribution in [2.45, 2.75) is 12.5 Å². The van der Waals surface area contributed by atoms with Crippen LogP contribution in [0.3, 0.4) is 0 Å². The first-order valence-electron chi connectivity index (χ1n) is 3.34. The standard InChI is InChI=1S/C6H8N2O4/c7-4(5(9)10)1-3-2-8-12-6(3)11/h2-4H,1,7H2,(H,9,10)/t3?,4-/m0/s1. The number of carboxylic acid groups (broad SMARTS) is 1. The molecule has 0 spiro atoms. The Balaban J connectivity index is 2.45. The lowest BCUT2D eigenvalue weighted by Gasteiger charge is -2.06. The van der Waals surface area contributed by atoms with Crippen LogP contribution >= 0.6 is 0 Å². The molecule has 0 aromatic carbocycles. The molecule has 1 aliphatic rings. The van der Waals surface area contributed by atoms with Gasteiger partial charge in [0.2, 0.25) is 0 Å². The van der Waals surface area contributed by atoms with Crippen LogP contribution in [-0.2, 0) is 14.4 Å². The molecule has 3 N–H and O–H groups in total. The molecule has 0 radical (unpaired) electrons. The highest BCUT2D eigenvalue weighted by Gasteiger charge is 2.28. The molecule has 1 unspecified atom stereocenters. The third-order valence-electron chi connectivity index (χ3n) is 1.51. The number of oxime groups is 1. The van der Waals surface area contributed by atoms with Gasteiger partial charge in [0.05, 0.1) is 6.21 Å². The average Bonchev–Trinajstić information content (AvgIpc) is 2.36. The van der Waals surface area contributed by atoms with Gasteiger partial charge in [0.1, 0.15) is 12.0 Å². The summed E-state index contributed by atoms with van der Waals surface area (Å²) in [6.45, 7) is 0. The van der Waals surface area contributed by atoms with Gasteiger partial charge in [0.15, 0.2) is 0 Å². The van der Waals surface area contributed by atoms with Crippen molar-refractivity contribution in [3.05, 3.63) is 0 Å². The van der Waals surface area contributed by atoms with Crippen molar-refractivity contribution < 1.29 is 19.5 Å². The van der Waals surface area contributed by atoms with Gasteiger partial charge in [0.25, 0.3) is 0 Å². The number of rotatable bonds is 3. The lowest BCUT2D eigenvalue weighted by molar-refractivity contribution is -0.144. The van der Waals surface area contributed by atoms with Crippen LogP contribution in [0.1, 0.15) is 6.42 Å². The summed E-state index contributed by atoms with van der Waals surface area (Å²) in [5.41, 5.74) is 5.19. The molecular weight excluding hydrogens is 164 g/mol. The Kier molecular flexibility index (Phi) is 2.39. The van der Waals surface area contributed by atoms with E-state index in [1.54, 1.807) is 0 Å². The molecular formula is C6H8N2O4. The van der Waals surface area contributed by atoms with Gasteiger partial charge in [-0.2, -0.15) is 0 Å². The summed E-state index contributed by atoms with van der Waals surface area (Å²) >= 11 is 0. The summed E-state index contributed by atoms with van der Waals surface area (Å²) in [4.78, 5) is 25.2. The van der Waals surface area contributed by atoms with Crippen molar-refractivity contribution in [2.24, 2.45) is 16.8 Å². The van der Waals surface area contributed by atoms with E-state index in [-0.39, 0.29) is 6.42 Å². The van der Waals surface area contributed by atoms with Crippen LogP contribution < -0.4 is 5.73 Å². The number of carboxylic acids is 1. The van der Waals surface area contributed by atoms with Gasteiger partial charge in [-0.1, -0.05) is 5.16 Å². The first-order valence-corrected chi connectivity index (χ1v) is 3.34. The van der Waals surface area contributed by atoms with Crippen LogP contribution in [0.25, 0.3) is 0 Å². The zero-order chi connectivity index (χ0) is 9.14. The normalized spacial score (nSPS) is 23.8. The highest BCUT2D eigenvalue weighted by molar-refractivity contribution is 5.93. The van der Waals surface area contributed by atoms with Crippen molar-refractivity contribution >= 4 is 18.2 Å². The Labute approximate surface area is 68.0 Å². The van der Waals surface area contributed by atoms with Crippen molar-refractivity contribution in [3.63, 3.8) is 0 Å². The quantitative estimate of drug-likeness (QED) is 0.528. The lowest BCUT2D eigenvalue weighted by Crippen LogP contribution is -2.34. The molecule has 1 aliphatic heterocycles. The predicted molar refractivity (Wildman–Crippen MR) is 38.3 cm³/mol. The SMILES string of the molecule is N[C@@H](CC1C=NOC1=O)C(=O)O. The molecule has 0 saturated heterocycles. The molecule has 2 atom stereocenters. The van der Waals surface area contributed by atoms with E-state index in [9.17, 15) is 9.59 Å². The Morgan fingerprint density at radius 1 is 1.92 bits per heavy atom. The smallest absolute Gasteiger partial charge is 0.343 e. The second-order valence-corrected chi connectivity index (χ2v) is 2.45. The first kappa shape index (κ1) is 8.66. The highest BCUT2D eigenvalue weighted by Crippen LogP contribution is 2.11. The number of carbonyl (C=O) groups is 2. The summed E-state index contributed by atoms with van der Waals surface area (Å²) in [6, 6.07) is -1.05. The van der Waals surface area contributed by atoms with E-state index in [4.69, 9.17) is 10.8 Å². The number of carbonyl (C=O) groups excluding carboxylic acids is 1. The fourth-order valence-electron chi connectivity index (χ4n) is 0.816. The molecule has 0 aromatic rings. The summed E-state index contributed by atoms with van der Waals surface area (Å²) in [6.07, 6.45) is 1.28. The summed E-state index contributed by atoms with van der Waals surface area (Å²) in [5.74, 6) is -2.30. The minimum Gasteiger partial charge on any atom is -0.480 e. The lowest BCUT2D eigenvalue weighted by atomic mass is 10.0. The largest absolute Gasteiger partial charge is 0.480 e. The van der Waals surface area contributed by atoms with Crippen molar-refractivity contribution in [1.29, 1.82) is 0 Å². The Morgan fingerprint density at radius 2 is 2.58 bits per heavy atom. The molecule has 66 valence electrons. The van der Waals surface area contributed by atoms with Crippen LogP contribution in [0.15, 0.2) is 5.16 Å². The van der Waals surface area contributed by atoms with Crippen molar-refractivity contribution in [1.82, 2.24) is 0 Å². The molecule has 12 heavy (non-hydrogen) atoms. The van der Waals surface area contributed by atoms with E-state index in [0.717, 1.165) is 0 Å². The first-order chi connectivity index (χ1) is 5.61. The van der Waals surface area contributed by atoms with Gasteiger partial charge in [0, 0.05) is 0 Å². The van der Waals surface area contributed by atoms with Gasteiger partial charge in [-0.25, -0.2) is 4.79 Å². The Hall–Kier alpha value is -1.43. The molecule has 1 rings (SSSR count). The molecule has 6 heteroatoms. The molecule has 0 fully saturated rings. The minimum atomic E-state index is -1.14. The molecule has 6 nitrogen and oxygen atoms in total. The van der Waals surface area contributed by atoms with E-state index in [1.807, 2.05) is 0 Å². The van der Waals surface area contributed by atoms with E-state index >= 15 is 0 Å².